The van der Waals surface area contributed by atoms with E-state index in [4.69, 9.17) is 11.6 Å². The zero-order chi connectivity index (χ0) is 17.8. The van der Waals surface area contributed by atoms with Gasteiger partial charge >= 0.3 is 0 Å². The van der Waals surface area contributed by atoms with Crippen molar-refractivity contribution >= 4 is 34.1 Å². The second-order valence-corrected chi connectivity index (χ2v) is 6.30. The molecule has 0 bridgehead atoms. The highest BCUT2D eigenvalue weighted by Crippen LogP contribution is 2.20. The predicted octanol–water partition coefficient (Wildman–Crippen LogP) is 3.85. The lowest BCUT2D eigenvalue weighted by molar-refractivity contribution is -0.116. The SMILES string of the molecule is Cc1ccc(NC(=O)CCCc2nc3ccccc3c(=O)[nH]2)cc1Cl. The summed E-state index contributed by atoms with van der Waals surface area (Å²) in [5.41, 5.74) is 2.16. The average molecular weight is 356 g/mol. The lowest BCUT2D eigenvalue weighted by atomic mass is 10.2. The van der Waals surface area contributed by atoms with E-state index in [2.05, 4.69) is 15.3 Å². The number of amides is 1. The third kappa shape index (κ3) is 4.25. The maximum atomic E-state index is 12.0. The summed E-state index contributed by atoms with van der Waals surface area (Å²) in [5, 5.41) is 4.01. The largest absolute Gasteiger partial charge is 0.326 e. The molecule has 0 aliphatic carbocycles. The number of rotatable bonds is 5. The Bertz CT molecular complexity index is 982. The first kappa shape index (κ1) is 17.2. The summed E-state index contributed by atoms with van der Waals surface area (Å²) in [6, 6.07) is 12.6. The van der Waals surface area contributed by atoms with Crippen molar-refractivity contribution in [1.29, 1.82) is 0 Å². The summed E-state index contributed by atoms with van der Waals surface area (Å²) in [6.07, 6.45) is 1.46. The number of aromatic amines is 1. The minimum atomic E-state index is -0.153. The van der Waals surface area contributed by atoms with Gasteiger partial charge in [-0.05, 0) is 43.2 Å². The Morgan fingerprint density at radius 3 is 2.84 bits per heavy atom. The Morgan fingerprint density at radius 2 is 2.04 bits per heavy atom. The smallest absolute Gasteiger partial charge is 0.258 e. The molecule has 0 saturated heterocycles. The fourth-order valence-electron chi connectivity index (χ4n) is 2.56. The van der Waals surface area contributed by atoms with Crippen LogP contribution >= 0.6 is 11.6 Å². The molecule has 0 unspecified atom stereocenters. The zero-order valence-electron chi connectivity index (χ0n) is 13.8. The molecule has 2 N–H and O–H groups in total. The van der Waals surface area contributed by atoms with Crippen LogP contribution in [0.5, 0.6) is 0 Å². The number of hydrogen-bond donors (Lipinski definition) is 2. The summed E-state index contributed by atoms with van der Waals surface area (Å²) < 4.78 is 0. The number of nitrogens with one attached hydrogen (secondary N) is 2. The number of aryl methyl sites for hydroxylation is 2. The highest BCUT2D eigenvalue weighted by Gasteiger charge is 2.07. The number of fused-ring (bicyclic) bond motifs is 1. The highest BCUT2D eigenvalue weighted by molar-refractivity contribution is 6.31. The van der Waals surface area contributed by atoms with Gasteiger partial charge in [-0.3, -0.25) is 9.59 Å². The molecule has 3 aromatic rings. The maximum Gasteiger partial charge on any atom is 0.258 e. The zero-order valence-corrected chi connectivity index (χ0v) is 14.6. The Morgan fingerprint density at radius 1 is 1.24 bits per heavy atom. The molecule has 0 radical (unpaired) electrons. The van der Waals surface area contributed by atoms with Gasteiger partial charge in [-0.25, -0.2) is 4.98 Å². The van der Waals surface area contributed by atoms with E-state index in [-0.39, 0.29) is 11.5 Å². The quantitative estimate of drug-likeness (QED) is 0.730. The van der Waals surface area contributed by atoms with Crippen molar-refractivity contribution in [2.75, 3.05) is 5.32 Å². The molecule has 128 valence electrons. The van der Waals surface area contributed by atoms with Crippen molar-refractivity contribution in [3.63, 3.8) is 0 Å². The molecule has 3 rings (SSSR count). The van der Waals surface area contributed by atoms with Gasteiger partial charge in [0.1, 0.15) is 5.82 Å². The number of halogens is 1. The van der Waals surface area contributed by atoms with Crippen LogP contribution in [0.2, 0.25) is 5.02 Å². The highest BCUT2D eigenvalue weighted by atomic mass is 35.5. The number of para-hydroxylation sites is 1. The van der Waals surface area contributed by atoms with Crippen molar-refractivity contribution in [2.45, 2.75) is 26.2 Å². The molecular weight excluding hydrogens is 338 g/mol. The molecule has 0 saturated carbocycles. The maximum absolute atomic E-state index is 12.0. The van der Waals surface area contributed by atoms with E-state index >= 15 is 0 Å². The van der Waals surface area contributed by atoms with Crippen molar-refractivity contribution in [2.24, 2.45) is 0 Å². The first-order valence-corrected chi connectivity index (χ1v) is 8.44. The van der Waals surface area contributed by atoms with E-state index in [9.17, 15) is 9.59 Å². The van der Waals surface area contributed by atoms with Crippen LogP contribution in [0.4, 0.5) is 5.69 Å². The van der Waals surface area contributed by atoms with Gasteiger partial charge in [0.15, 0.2) is 0 Å². The van der Waals surface area contributed by atoms with E-state index < -0.39 is 0 Å². The van der Waals surface area contributed by atoms with E-state index in [1.54, 1.807) is 18.2 Å². The lowest BCUT2D eigenvalue weighted by Gasteiger charge is -2.07. The van der Waals surface area contributed by atoms with E-state index in [1.165, 1.54) is 0 Å². The van der Waals surface area contributed by atoms with Crippen LogP contribution < -0.4 is 10.9 Å². The Hall–Kier alpha value is -2.66. The van der Waals surface area contributed by atoms with Crippen LogP contribution in [-0.4, -0.2) is 15.9 Å². The summed E-state index contributed by atoms with van der Waals surface area (Å²) in [6.45, 7) is 1.91. The molecule has 6 heteroatoms. The van der Waals surface area contributed by atoms with Crippen LogP contribution in [0.15, 0.2) is 47.3 Å². The van der Waals surface area contributed by atoms with Crippen molar-refractivity contribution < 1.29 is 4.79 Å². The molecule has 1 aromatic heterocycles. The van der Waals surface area contributed by atoms with Gasteiger partial charge in [0.25, 0.3) is 5.56 Å². The normalized spacial score (nSPS) is 10.8. The van der Waals surface area contributed by atoms with Gasteiger partial charge in [0, 0.05) is 23.6 Å². The Balaban J connectivity index is 1.58. The van der Waals surface area contributed by atoms with Crippen molar-refractivity contribution in [3.8, 4) is 0 Å². The summed E-state index contributed by atoms with van der Waals surface area (Å²) in [7, 11) is 0. The molecule has 0 aliphatic heterocycles. The minimum Gasteiger partial charge on any atom is -0.326 e. The first-order valence-electron chi connectivity index (χ1n) is 8.07. The van der Waals surface area contributed by atoms with E-state index in [0.717, 1.165) is 5.56 Å². The summed E-state index contributed by atoms with van der Waals surface area (Å²) >= 11 is 6.05. The van der Waals surface area contributed by atoms with Gasteiger partial charge < -0.3 is 10.3 Å². The third-order valence-corrected chi connectivity index (χ3v) is 4.34. The standard InChI is InChI=1S/C19H18ClN3O2/c1-12-9-10-13(11-15(12)20)21-18(24)8-4-7-17-22-16-6-3-2-5-14(16)19(25)23-17/h2-3,5-6,9-11H,4,7-8H2,1H3,(H,21,24)(H,22,23,25). The Kier molecular flexibility index (Phi) is 5.14. The molecule has 5 nitrogen and oxygen atoms in total. The molecule has 25 heavy (non-hydrogen) atoms. The van der Waals surface area contributed by atoms with Crippen LogP contribution in [0, 0.1) is 6.92 Å². The number of benzene rings is 2. The predicted molar refractivity (Wildman–Crippen MR) is 100 cm³/mol. The minimum absolute atomic E-state index is 0.0944. The van der Waals surface area contributed by atoms with Gasteiger partial charge in [-0.2, -0.15) is 0 Å². The van der Waals surface area contributed by atoms with E-state index in [1.807, 2.05) is 31.2 Å². The molecule has 0 atom stereocenters. The van der Waals surface area contributed by atoms with E-state index in [0.29, 0.717) is 46.7 Å². The topological polar surface area (TPSA) is 74.8 Å². The molecule has 0 spiro atoms. The fraction of sp³-hybridized carbons (Fsp3) is 0.211. The second-order valence-electron chi connectivity index (χ2n) is 5.90. The third-order valence-electron chi connectivity index (χ3n) is 3.93. The number of hydrogen-bond acceptors (Lipinski definition) is 3. The van der Waals surface area contributed by atoms with Gasteiger partial charge in [-0.15, -0.1) is 0 Å². The van der Waals surface area contributed by atoms with Crippen LogP contribution in [0.25, 0.3) is 10.9 Å². The fourth-order valence-corrected chi connectivity index (χ4v) is 2.74. The molecular formula is C19H18ClN3O2. The number of nitrogens with zero attached hydrogens (tertiary/aromatic N) is 1. The molecule has 2 aromatic carbocycles. The number of aromatic nitrogens is 2. The number of anilines is 1. The number of H-pyrrole nitrogens is 1. The second kappa shape index (κ2) is 7.49. The lowest BCUT2D eigenvalue weighted by Crippen LogP contribution is -2.14. The average Bonchev–Trinajstić information content (AvgIpc) is 2.58. The van der Waals surface area contributed by atoms with Crippen molar-refractivity contribution in [1.82, 2.24) is 9.97 Å². The van der Waals surface area contributed by atoms with Gasteiger partial charge in [0.2, 0.25) is 5.91 Å². The first-order chi connectivity index (χ1) is 12.0. The number of carbonyl (C=O) groups excluding carboxylic acids is 1. The summed E-state index contributed by atoms with van der Waals surface area (Å²) in [5.74, 6) is 0.498. The van der Waals surface area contributed by atoms with Crippen LogP contribution in [-0.2, 0) is 11.2 Å². The van der Waals surface area contributed by atoms with Crippen LogP contribution in [0.3, 0.4) is 0 Å². The van der Waals surface area contributed by atoms with Gasteiger partial charge in [0.05, 0.1) is 10.9 Å². The molecule has 0 aliphatic rings. The molecule has 1 heterocycles. The number of carbonyl (C=O) groups is 1. The molecule has 1 amide bonds. The van der Waals surface area contributed by atoms with Crippen LogP contribution in [0.1, 0.15) is 24.2 Å². The molecule has 0 fully saturated rings. The Labute approximate surface area is 150 Å². The monoisotopic (exact) mass is 355 g/mol. The van der Waals surface area contributed by atoms with Crippen molar-refractivity contribution in [3.05, 3.63) is 69.2 Å². The van der Waals surface area contributed by atoms with Gasteiger partial charge in [-0.1, -0.05) is 29.8 Å². The summed E-state index contributed by atoms with van der Waals surface area (Å²) in [4.78, 5) is 31.2.